The molecule has 0 radical (unpaired) electrons. The van der Waals surface area contributed by atoms with Crippen LogP contribution < -0.4 is 10.5 Å². The van der Waals surface area contributed by atoms with Crippen LogP contribution in [0.25, 0.3) is 0 Å². The summed E-state index contributed by atoms with van der Waals surface area (Å²) in [7, 11) is 0. The first-order valence-corrected chi connectivity index (χ1v) is 6.23. The SMILES string of the molecule is CC(C)c1ccc(OCc2nnsc2N)cc1. The van der Waals surface area contributed by atoms with Crippen molar-refractivity contribution in [1.82, 2.24) is 9.59 Å². The molecule has 90 valence electrons. The van der Waals surface area contributed by atoms with Crippen LogP contribution in [-0.4, -0.2) is 9.59 Å². The van der Waals surface area contributed by atoms with Gasteiger partial charge in [-0.25, -0.2) is 0 Å². The van der Waals surface area contributed by atoms with Gasteiger partial charge in [0.1, 0.15) is 23.1 Å². The predicted octanol–water partition coefficient (Wildman–Crippen LogP) is 2.82. The highest BCUT2D eigenvalue weighted by Crippen LogP contribution is 2.20. The molecule has 2 rings (SSSR count). The lowest BCUT2D eigenvalue weighted by Crippen LogP contribution is -1.99. The molecule has 0 unspecified atom stereocenters. The van der Waals surface area contributed by atoms with Gasteiger partial charge in [0.2, 0.25) is 0 Å². The molecule has 0 aliphatic rings. The summed E-state index contributed by atoms with van der Waals surface area (Å²) in [6, 6.07) is 8.07. The summed E-state index contributed by atoms with van der Waals surface area (Å²) in [5.41, 5.74) is 7.68. The van der Waals surface area contributed by atoms with E-state index in [1.54, 1.807) is 0 Å². The number of aromatic nitrogens is 2. The fourth-order valence-electron chi connectivity index (χ4n) is 1.42. The van der Waals surface area contributed by atoms with Crippen molar-refractivity contribution in [2.75, 3.05) is 5.73 Å². The highest BCUT2D eigenvalue weighted by molar-refractivity contribution is 7.09. The van der Waals surface area contributed by atoms with Crippen LogP contribution in [0.15, 0.2) is 24.3 Å². The third kappa shape index (κ3) is 2.94. The van der Waals surface area contributed by atoms with E-state index in [0.717, 1.165) is 5.75 Å². The van der Waals surface area contributed by atoms with Gasteiger partial charge in [-0.05, 0) is 23.6 Å². The molecule has 2 aromatic rings. The Balaban J connectivity index is 1.98. The van der Waals surface area contributed by atoms with E-state index in [-0.39, 0.29) is 0 Å². The number of hydrogen-bond acceptors (Lipinski definition) is 5. The molecule has 1 aromatic heterocycles. The van der Waals surface area contributed by atoms with E-state index in [4.69, 9.17) is 10.5 Å². The minimum Gasteiger partial charge on any atom is -0.487 e. The summed E-state index contributed by atoms with van der Waals surface area (Å²) >= 11 is 1.18. The lowest BCUT2D eigenvalue weighted by atomic mass is 10.0. The zero-order chi connectivity index (χ0) is 12.3. The van der Waals surface area contributed by atoms with E-state index in [2.05, 4.69) is 35.6 Å². The molecule has 1 aromatic carbocycles. The smallest absolute Gasteiger partial charge is 0.136 e. The van der Waals surface area contributed by atoms with Crippen LogP contribution in [0.5, 0.6) is 5.75 Å². The van der Waals surface area contributed by atoms with Gasteiger partial charge in [-0.1, -0.05) is 30.5 Å². The van der Waals surface area contributed by atoms with Crippen molar-refractivity contribution in [3.05, 3.63) is 35.5 Å². The third-order valence-electron chi connectivity index (χ3n) is 2.51. The maximum absolute atomic E-state index is 5.68. The van der Waals surface area contributed by atoms with Crippen molar-refractivity contribution >= 4 is 16.5 Å². The Morgan fingerprint density at radius 2 is 2.00 bits per heavy atom. The number of nitrogens with zero attached hydrogens (tertiary/aromatic N) is 2. The molecule has 0 saturated heterocycles. The molecule has 0 aliphatic heterocycles. The number of rotatable bonds is 4. The number of benzene rings is 1. The summed E-state index contributed by atoms with van der Waals surface area (Å²) in [4.78, 5) is 0. The first-order valence-electron chi connectivity index (χ1n) is 5.46. The Labute approximate surface area is 105 Å². The Morgan fingerprint density at radius 1 is 1.29 bits per heavy atom. The Morgan fingerprint density at radius 3 is 2.53 bits per heavy atom. The molecule has 4 nitrogen and oxygen atoms in total. The van der Waals surface area contributed by atoms with Gasteiger partial charge in [0.25, 0.3) is 0 Å². The summed E-state index contributed by atoms with van der Waals surface area (Å²) in [5.74, 6) is 1.35. The van der Waals surface area contributed by atoms with Crippen molar-refractivity contribution in [1.29, 1.82) is 0 Å². The first kappa shape index (κ1) is 11.9. The maximum Gasteiger partial charge on any atom is 0.136 e. The number of nitrogen functional groups attached to an aromatic ring is 1. The number of ether oxygens (including phenoxy) is 1. The number of anilines is 1. The van der Waals surface area contributed by atoms with Crippen LogP contribution in [0, 0.1) is 0 Å². The predicted molar refractivity (Wildman–Crippen MR) is 69.2 cm³/mol. The van der Waals surface area contributed by atoms with Crippen molar-refractivity contribution in [2.24, 2.45) is 0 Å². The monoisotopic (exact) mass is 249 g/mol. The highest BCUT2D eigenvalue weighted by Gasteiger charge is 2.05. The average molecular weight is 249 g/mol. The van der Waals surface area contributed by atoms with Gasteiger partial charge in [0.05, 0.1) is 0 Å². The quantitative estimate of drug-likeness (QED) is 0.905. The third-order valence-corrected chi connectivity index (χ3v) is 3.10. The van der Waals surface area contributed by atoms with Crippen LogP contribution >= 0.6 is 11.5 Å². The second-order valence-electron chi connectivity index (χ2n) is 4.10. The normalized spacial score (nSPS) is 10.8. The summed E-state index contributed by atoms with van der Waals surface area (Å²) in [6.07, 6.45) is 0. The van der Waals surface area contributed by atoms with Crippen molar-refractivity contribution < 1.29 is 4.74 Å². The number of nitrogens with two attached hydrogens (primary N) is 1. The van der Waals surface area contributed by atoms with Crippen LogP contribution in [0.4, 0.5) is 5.00 Å². The fourth-order valence-corrected chi connectivity index (χ4v) is 1.85. The zero-order valence-electron chi connectivity index (χ0n) is 9.88. The van der Waals surface area contributed by atoms with Gasteiger partial charge in [0, 0.05) is 11.5 Å². The molecular formula is C12H15N3OS. The Bertz CT molecular complexity index is 479. The molecule has 0 fully saturated rings. The molecular weight excluding hydrogens is 234 g/mol. The number of hydrogen-bond donors (Lipinski definition) is 1. The Kier molecular flexibility index (Phi) is 3.58. The van der Waals surface area contributed by atoms with Crippen molar-refractivity contribution in [3.63, 3.8) is 0 Å². The summed E-state index contributed by atoms with van der Waals surface area (Å²) in [5, 5.41) is 4.51. The lowest BCUT2D eigenvalue weighted by Gasteiger charge is -2.07. The van der Waals surface area contributed by atoms with E-state index < -0.39 is 0 Å². The minimum atomic E-state index is 0.364. The minimum absolute atomic E-state index is 0.364. The molecule has 0 bridgehead atoms. The topological polar surface area (TPSA) is 61.0 Å². The van der Waals surface area contributed by atoms with Crippen molar-refractivity contribution in [2.45, 2.75) is 26.4 Å². The van der Waals surface area contributed by atoms with Crippen LogP contribution in [0.3, 0.4) is 0 Å². The van der Waals surface area contributed by atoms with Gasteiger partial charge >= 0.3 is 0 Å². The zero-order valence-corrected chi connectivity index (χ0v) is 10.7. The van der Waals surface area contributed by atoms with Gasteiger partial charge in [-0.15, -0.1) is 5.10 Å². The second kappa shape index (κ2) is 5.14. The molecule has 0 amide bonds. The van der Waals surface area contributed by atoms with Gasteiger partial charge in [-0.3, -0.25) is 0 Å². The molecule has 2 N–H and O–H groups in total. The van der Waals surface area contributed by atoms with E-state index in [1.165, 1.54) is 17.1 Å². The van der Waals surface area contributed by atoms with E-state index >= 15 is 0 Å². The lowest BCUT2D eigenvalue weighted by molar-refractivity contribution is 0.301. The molecule has 0 aliphatic carbocycles. The van der Waals surface area contributed by atoms with Crippen LogP contribution in [0.1, 0.15) is 31.0 Å². The highest BCUT2D eigenvalue weighted by atomic mass is 32.1. The fraction of sp³-hybridized carbons (Fsp3) is 0.333. The van der Waals surface area contributed by atoms with Gasteiger partial charge in [0.15, 0.2) is 0 Å². The summed E-state index contributed by atoms with van der Waals surface area (Å²) < 4.78 is 9.35. The van der Waals surface area contributed by atoms with E-state index in [1.807, 2.05) is 12.1 Å². The second-order valence-corrected chi connectivity index (χ2v) is 4.88. The first-order chi connectivity index (χ1) is 8.16. The summed E-state index contributed by atoms with van der Waals surface area (Å²) in [6.45, 7) is 4.69. The molecule has 0 spiro atoms. The van der Waals surface area contributed by atoms with E-state index in [0.29, 0.717) is 23.2 Å². The van der Waals surface area contributed by atoms with Crippen LogP contribution in [0.2, 0.25) is 0 Å². The van der Waals surface area contributed by atoms with Gasteiger partial charge in [-0.2, -0.15) is 0 Å². The van der Waals surface area contributed by atoms with Gasteiger partial charge < -0.3 is 10.5 Å². The molecule has 5 heteroatoms. The molecule has 1 heterocycles. The molecule has 17 heavy (non-hydrogen) atoms. The van der Waals surface area contributed by atoms with Crippen molar-refractivity contribution in [3.8, 4) is 5.75 Å². The largest absolute Gasteiger partial charge is 0.487 e. The molecule has 0 saturated carbocycles. The maximum atomic E-state index is 5.68. The van der Waals surface area contributed by atoms with E-state index in [9.17, 15) is 0 Å². The average Bonchev–Trinajstić information content (AvgIpc) is 2.73. The van der Waals surface area contributed by atoms with Crippen LogP contribution in [-0.2, 0) is 6.61 Å². The molecule has 0 atom stereocenters. The standard InChI is InChI=1S/C12H15N3OS/c1-8(2)9-3-5-10(6-4-9)16-7-11-12(13)17-15-14-11/h3-6,8H,7,13H2,1-2H3. The Hall–Kier alpha value is -1.62.